The second kappa shape index (κ2) is 12.9. The quantitative estimate of drug-likeness (QED) is 0.236. The van der Waals surface area contributed by atoms with Crippen LogP contribution in [-0.4, -0.2) is 106 Å². The van der Waals surface area contributed by atoms with E-state index in [9.17, 15) is 39.3 Å². The summed E-state index contributed by atoms with van der Waals surface area (Å²) in [4.78, 5) is 65.8. The molecule has 2 heterocycles. The Kier molecular flexibility index (Phi) is 9.97. The third-order valence-corrected chi connectivity index (χ3v) is 7.52. The van der Waals surface area contributed by atoms with E-state index in [0.717, 1.165) is 29.8 Å². The third-order valence-electron chi connectivity index (χ3n) is 6.46. The number of thioether (sulfide) groups is 1. The summed E-state index contributed by atoms with van der Waals surface area (Å²) in [5, 5.41) is 36.0. The van der Waals surface area contributed by atoms with Gasteiger partial charge in [-0.25, -0.2) is 14.4 Å². The molecule has 0 aromatic heterocycles. The van der Waals surface area contributed by atoms with Gasteiger partial charge in [0, 0.05) is 35.2 Å². The SMILES string of the molecule is COC(=O)[C@@H]1CSCc2c(O)cc(O)c(C)c2C(=O)OC[C@@H](NC(=O)[C@H]2[C@@H](O)CCN2C(=O)OC(C)(C)C)C(=O)N1. The van der Waals surface area contributed by atoms with Crippen molar-refractivity contribution in [2.45, 2.75) is 69.7 Å². The molecule has 2 aliphatic rings. The molecule has 4 atom stereocenters. The number of aromatic hydroxyl groups is 2. The van der Waals surface area contributed by atoms with Crippen LogP contribution < -0.4 is 10.6 Å². The minimum atomic E-state index is -1.56. The van der Waals surface area contributed by atoms with Crippen LogP contribution in [0.2, 0.25) is 0 Å². The number of ether oxygens (including phenoxy) is 3. The number of esters is 2. The summed E-state index contributed by atoms with van der Waals surface area (Å²) in [6.45, 7) is 5.68. The Labute approximate surface area is 240 Å². The van der Waals surface area contributed by atoms with Crippen molar-refractivity contribution in [3.8, 4) is 11.5 Å². The fourth-order valence-electron chi connectivity index (χ4n) is 4.38. The van der Waals surface area contributed by atoms with E-state index in [1.54, 1.807) is 20.8 Å². The summed E-state index contributed by atoms with van der Waals surface area (Å²) in [5.74, 6) is -4.29. The van der Waals surface area contributed by atoms with Crippen molar-refractivity contribution in [1.29, 1.82) is 0 Å². The highest BCUT2D eigenvalue weighted by atomic mass is 32.2. The van der Waals surface area contributed by atoms with Crippen molar-refractivity contribution < 1.29 is 53.5 Å². The molecule has 226 valence electrons. The van der Waals surface area contributed by atoms with Crippen LogP contribution in [0.1, 0.15) is 48.7 Å². The van der Waals surface area contributed by atoms with Crippen molar-refractivity contribution in [2.24, 2.45) is 0 Å². The van der Waals surface area contributed by atoms with Gasteiger partial charge in [0.2, 0.25) is 11.8 Å². The molecule has 41 heavy (non-hydrogen) atoms. The first-order valence-electron chi connectivity index (χ1n) is 12.8. The zero-order valence-electron chi connectivity index (χ0n) is 23.4. The van der Waals surface area contributed by atoms with Crippen LogP contribution in [0.3, 0.4) is 0 Å². The maximum atomic E-state index is 13.3. The molecule has 0 saturated carbocycles. The first-order valence-corrected chi connectivity index (χ1v) is 14.0. The highest BCUT2D eigenvalue weighted by Crippen LogP contribution is 2.35. The maximum Gasteiger partial charge on any atom is 0.411 e. The number of aliphatic hydroxyl groups is 1. The van der Waals surface area contributed by atoms with Crippen LogP contribution in [-0.2, 0) is 34.3 Å². The van der Waals surface area contributed by atoms with Gasteiger partial charge in [-0.05, 0) is 34.1 Å². The van der Waals surface area contributed by atoms with Crippen molar-refractivity contribution in [1.82, 2.24) is 15.5 Å². The van der Waals surface area contributed by atoms with Gasteiger partial charge in [-0.15, -0.1) is 0 Å². The molecule has 1 aromatic carbocycles. The van der Waals surface area contributed by atoms with Gasteiger partial charge in [-0.3, -0.25) is 14.5 Å². The predicted molar refractivity (Wildman–Crippen MR) is 144 cm³/mol. The minimum absolute atomic E-state index is 0.0186. The van der Waals surface area contributed by atoms with Crippen LogP contribution in [0.25, 0.3) is 0 Å². The van der Waals surface area contributed by atoms with Gasteiger partial charge >= 0.3 is 18.0 Å². The molecular formula is C26H35N3O11S. The molecule has 0 unspecified atom stereocenters. The zero-order valence-corrected chi connectivity index (χ0v) is 24.2. The molecule has 5 N–H and O–H groups in total. The number of nitrogens with zero attached hydrogens (tertiary/aromatic N) is 1. The number of hydrogen-bond donors (Lipinski definition) is 5. The van der Waals surface area contributed by atoms with E-state index >= 15 is 0 Å². The number of nitrogens with one attached hydrogen (secondary N) is 2. The van der Waals surface area contributed by atoms with E-state index in [1.807, 2.05) is 0 Å². The maximum absolute atomic E-state index is 13.3. The number of phenols is 2. The lowest BCUT2D eigenvalue weighted by atomic mass is 10.0. The van der Waals surface area contributed by atoms with Crippen LogP contribution in [0.5, 0.6) is 11.5 Å². The van der Waals surface area contributed by atoms with Gasteiger partial charge in [0.15, 0.2) is 0 Å². The van der Waals surface area contributed by atoms with E-state index in [-0.39, 0.29) is 52.7 Å². The summed E-state index contributed by atoms with van der Waals surface area (Å²) in [7, 11) is 1.14. The molecule has 1 fully saturated rings. The fraction of sp³-hybridized carbons (Fsp3) is 0.577. The number of benzene rings is 1. The molecule has 2 aliphatic heterocycles. The van der Waals surface area contributed by atoms with Crippen molar-refractivity contribution >= 4 is 41.6 Å². The van der Waals surface area contributed by atoms with Crippen LogP contribution in [0, 0.1) is 6.92 Å². The summed E-state index contributed by atoms with van der Waals surface area (Å²) in [5.41, 5.74) is -0.727. The highest BCUT2D eigenvalue weighted by molar-refractivity contribution is 7.98. The van der Waals surface area contributed by atoms with E-state index in [4.69, 9.17) is 14.2 Å². The van der Waals surface area contributed by atoms with Crippen molar-refractivity contribution in [3.63, 3.8) is 0 Å². The smallest absolute Gasteiger partial charge is 0.411 e. The number of likely N-dealkylation sites (tertiary alicyclic amines) is 1. The summed E-state index contributed by atoms with van der Waals surface area (Å²) in [6.07, 6.45) is -2.02. The second-order valence-electron chi connectivity index (χ2n) is 10.6. The number of fused-ring (bicyclic) bond motifs is 1. The topological polar surface area (TPSA) is 201 Å². The zero-order chi connectivity index (χ0) is 30.6. The van der Waals surface area contributed by atoms with Gasteiger partial charge in [-0.2, -0.15) is 11.8 Å². The third kappa shape index (κ3) is 7.52. The lowest BCUT2D eigenvalue weighted by Gasteiger charge is -2.30. The summed E-state index contributed by atoms with van der Waals surface area (Å²) < 4.78 is 15.5. The Morgan fingerprint density at radius 2 is 1.88 bits per heavy atom. The molecule has 15 heteroatoms. The van der Waals surface area contributed by atoms with Gasteiger partial charge in [0.25, 0.3) is 0 Å². The van der Waals surface area contributed by atoms with Crippen molar-refractivity contribution in [2.75, 3.05) is 26.0 Å². The van der Waals surface area contributed by atoms with E-state index < -0.39 is 66.3 Å². The Morgan fingerprint density at radius 1 is 1.20 bits per heavy atom. The Hall–Kier alpha value is -3.72. The number of carbonyl (C=O) groups is 5. The monoisotopic (exact) mass is 597 g/mol. The summed E-state index contributed by atoms with van der Waals surface area (Å²) >= 11 is 1.10. The number of aliphatic hydroxyl groups excluding tert-OH is 1. The first kappa shape index (κ1) is 31.8. The average Bonchev–Trinajstić information content (AvgIpc) is 3.27. The molecule has 0 spiro atoms. The molecule has 0 radical (unpaired) electrons. The molecule has 14 nitrogen and oxygen atoms in total. The fourth-order valence-corrected chi connectivity index (χ4v) is 5.45. The van der Waals surface area contributed by atoms with Gasteiger partial charge in [-0.1, -0.05) is 0 Å². The largest absolute Gasteiger partial charge is 0.508 e. The normalized spacial score (nSPS) is 23.7. The van der Waals surface area contributed by atoms with Gasteiger partial charge < -0.3 is 40.2 Å². The molecule has 3 rings (SSSR count). The number of rotatable bonds is 3. The molecular weight excluding hydrogens is 562 g/mol. The Balaban J connectivity index is 1.92. The molecule has 1 saturated heterocycles. The number of methoxy groups -OCH3 is 1. The Bertz CT molecular complexity index is 1220. The van der Waals surface area contributed by atoms with Crippen LogP contribution >= 0.6 is 11.8 Å². The number of cyclic esters (lactones) is 1. The van der Waals surface area contributed by atoms with Gasteiger partial charge in [0.05, 0.1) is 18.8 Å². The van der Waals surface area contributed by atoms with E-state index in [1.165, 1.54) is 6.92 Å². The standard InChI is InChI=1S/C26H35N3O11S/c1-12-17(31)8-18(32)13-10-41-11-15(23(35)38-5)28-21(33)14(9-39-24(36)19(12)13)27-22(34)20-16(30)6-7-29(20)25(37)40-26(2,3)4/h8,14-16,20,30-32H,6-7,9-11H2,1-5H3,(H,27,34)(H,28,33)/t14-,15+,16+,20-/m1/s1. The lowest BCUT2D eigenvalue weighted by Crippen LogP contribution is -2.59. The van der Waals surface area contributed by atoms with Gasteiger partial charge in [0.1, 0.15) is 41.8 Å². The second-order valence-corrected chi connectivity index (χ2v) is 11.7. The van der Waals surface area contributed by atoms with Crippen LogP contribution in [0.4, 0.5) is 4.79 Å². The summed E-state index contributed by atoms with van der Waals surface area (Å²) in [6, 6.07) is -3.06. The van der Waals surface area contributed by atoms with E-state index in [0.29, 0.717) is 0 Å². The highest BCUT2D eigenvalue weighted by Gasteiger charge is 2.44. The lowest BCUT2D eigenvalue weighted by molar-refractivity contribution is -0.145. The molecule has 1 aromatic rings. The number of carbonyl (C=O) groups excluding carboxylic acids is 5. The Morgan fingerprint density at radius 3 is 2.51 bits per heavy atom. The molecule has 3 amide bonds. The van der Waals surface area contributed by atoms with Crippen LogP contribution in [0.15, 0.2) is 6.07 Å². The van der Waals surface area contributed by atoms with Crippen molar-refractivity contribution in [3.05, 3.63) is 22.8 Å². The first-order chi connectivity index (χ1) is 19.1. The molecule has 0 aliphatic carbocycles. The number of hydrogen-bond acceptors (Lipinski definition) is 12. The average molecular weight is 598 g/mol. The number of amides is 3. The minimum Gasteiger partial charge on any atom is -0.508 e. The predicted octanol–water partition coefficient (Wildman–Crippen LogP) is 0.323. The number of phenolic OH excluding ortho intramolecular Hbond substituents is 2. The van der Waals surface area contributed by atoms with E-state index in [2.05, 4.69) is 10.6 Å². The molecule has 0 bridgehead atoms.